The maximum absolute atomic E-state index is 12.2. The number of nitrogens with zero attached hydrogens (tertiary/aromatic N) is 3. The molecule has 0 atom stereocenters. The van der Waals surface area contributed by atoms with Crippen molar-refractivity contribution in [1.82, 2.24) is 19.6 Å². The van der Waals surface area contributed by atoms with E-state index in [-0.39, 0.29) is 4.90 Å². The van der Waals surface area contributed by atoms with Crippen molar-refractivity contribution in [2.75, 3.05) is 20.1 Å². The molecular weight excluding hydrogens is 312 g/mol. The SMILES string of the molecule is Cc1ccc(S(=O)(=O)NCCN(C)Cc2cnc(C)cn2)cc1. The van der Waals surface area contributed by atoms with E-state index < -0.39 is 10.0 Å². The van der Waals surface area contributed by atoms with Crippen LogP contribution in [0.4, 0.5) is 0 Å². The van der Waals surface area contributed by atoms with Gasteiger partial charge in [0.15, 0.2) is 0 Å². The Morgan fingerprint density at radius 2 is 1.78 bits per heavy atom. The van der Waals surface area contributed by atoms with Crippen LogP contribution in [0.3, 0.4) is 0 Å². The van der Waals surface area contributed by atoms with Gasteiger partial charge in [0, 0.05) is 32.0 Å². The highest BCUT2D eigenvalue weighted by atomic mass is 32.2. The molecule has 0 spiro atoms. The fraction of sp³-hybridized carbons (Fsp3) is 0.375. The van der Waals surface area contributed by atoms with Crippen molar-refractivity contribution < 1.29 is 8.42 Å². The lowest BCUT2D eigenvalue weighted by molar-refractivity contribution is 0.327. The Bertz CT molecular complexity index is 728. The summed E-state index contributed by atoms with van der Waals surface area (Å²) in [5, 5.41) is 0. The number of sulfonamides is 1. The number of benzene rings is 1. The Kier molecular flexibility index (Phi) is 5.81. The minimum atomic E-state index is -3.46. The Hall–Kier alpha value is -1.83. The van der Waals surface area contributed by atoms with Crippen LogP contribution in [0.2, 0.25) is 0 Å². The Morgan fingerprint density at radius 1 is 1.09 bits per heavy atom. The third kappa shape index (κ3) is 5.38. The number of hydrogen-bond donors (Lipinski definition) is 1. The van der Waals surface area contributed by atoms with Crippen molar-refractivity contribution in [3.63, 3.8) is 0 Å². The molecule has 0 fully saturated rings. The van der Waals surface area contributed by atoms with Crippen LogP contribution >= 0.6 is 0 Å². The van der Waals surface area contributed by atoms with E-state index in [1.165, 1.54) is 0 Å². The fourth-order valence-corrected chi connectivity index (χ4v) is 3.05. The van der Waals surface area contributed by atoms with Crippen molar-refractivity contribution >= 4 is 10.0 Å². The summed E-state index contributed by atoms with van der Waals surface area (Å²) >= 11 is 0. The molecule has 0 aliphatic rings. The standard InChI is InChI=1S/C16H22N4O2S/c1-13-4-6-16(7-5-13)23(21,22)19-8-9-20(3)12-15-11-17-14(2)10-18-15/h4-7,10-11,19H,8-9,12H2,1-3H3. The van der Waals surface area contributed by atoms with E-state index >= 15 is 0 Å². The van der Waals surface area contributed by atoms with Crippen molar-refractivity contribution in [1.29, 1.82) is 0 Å². The van der Waals surface area contributed by atoms with Crippen LogP contribution in [-0.4, -0.2) is 43.4 Å². The van der Waals surface area contributed by atoms with E-state index in [0.29, 0.717) is 19.6 Å². The van der Waals surface area contributed by atoms with Gasteiger partial charge < -0.3 is 0 Å². The first-order valence-electron chi connectivity index (χ1n) is 7.39. The minimum Gasteiger partial charge on any atom is -0.299 e. The van der Waals surface area contributed by atoms with Gasteiger partial charge in [-0.2, -0.15) is 0 Å². The molecule has 0 bridgehead atoms. The summed E-state index contributed by atoms with van der Waals surface area (Å²) in [4.78, 5) is 10.8. The minimum absolute atomic E-state index is 0.287. The highest BCUT2D eigenvalue weighted by Gasteiger charge is 2.13. The zero-order valence-electron chi connectivity index (χ0n) is 13.7. The first-order chi connectivity index (χ1) is 10.9. The van der Waals surface area contributed by atoms with Gasteiger partial charge in [-0.1, -0.05) is 17.7 Å². The summed E-state index contributed by atoms with van der Waals surface area (Å²) < 4.78 is 27.0. The molecule has 1 aromatic heterocycles. The Morgan fingerprint density at radius 3 is 2.39 bits per heavy atom. The van der Waals surface area contributed by atoms with Crippen molar-refractivity contribution in [2.24, 2.45) is 0 Å². The molecule has 0 radical (unpaired) electrons. The van der Waals surface area contributed by atoms with E-state index in [4.69, 9.17) is 0 Å². The Labute approximate surface area is 137 Å². The Balaban J connectivity index is 1.83. The molecule has 7 heteroatoms. The van der Waals surface area contributed by atoms with E-state index in [1.54, 1.807) is 36.7 Å². The topological polar surface area (TPSA) is 75.2 Å². The maximum atomic E-state index is 12.2. The van der Waals surface area contributed by atoms with Crippen LogP contribution in [0.25, 0.3) is 0 Å². The number of rotatable bonds is 7. The third-order valence-electron chi connectivity index (χ3n) is 3.38. The van der Waals surface area contributed by atoms with Crippen molar-refractivity contribution in [2.45, 2.75) is 25.3 Å². The zero-order valence-corrected chi connectivity index (χ0v) is 14.5. The number of likely N-dealkylation sites (N-methyl/N-ethyl adjacent to an activating group) is 1. The van der Waals surface area contributed by atoms with Gasteiger partial charge >= 0.3 is 0 Å². The molecular formula is C16H22N4O2S. The third-order valence-corrected chi connectivity index (χ3v) is 4.86. The summed E-state index contributed by atoms with van der Waals surface area (Å²) in [6, 6.07) is 6.81. The first-order valence-corrected chi connectivity index (χ1v) is 8.87. The normalized spacial score (nSPS) is 11.8. The van der Waals surface area contributed by atoms with Gasteiger partial charge in [-0.3, -0.25) is 14.9 Å². The predicted molar refractivity (Wildman–Crippen MR) is 89.5 cm³/mol. The van der Waals surface area contributed by atoms with Crippen LogP contribution in [0, 0.1) is 13.8 Å². The van der Waals surface area contributed by atoms with Crippen LogP contribution < -0.4 is 4.72 Å². The van der Waals surface area contributed by atoms with Gasteiger partial charge in [-0.05, 0) is 33.0 Å². The van der Waals surface area contributed by atoms with Gasteiger partial charge in [0.05, 0.1) is 16.3 Å². The molecule has 6 nitrogen and oxygen atoms in total. The molecule has 0 amide bonds. The molecule has 1 N–H and O–H groups in total. The second-order valence-electron chi connectivity index (χ2n) is 5.60. The fourth-order valence-electron chi connectivity index (χ4n) is 2.03. The van der Waals surface area contributed by atoms with Gasteiger partial charge in [-0.15, -0.1) is 0 Å². The molecule has 2 rings (SSSR count). The quantitative estimate of drug-likeness (QED) is 0.830. The second kappa shape index (κ2) is 7.63. The lowest BCUT2D eigenvalue weighted by Gasteiger charge is -2.16. The molecule has 0 saturated carbocycles. The summed E-state index contributed by atoms with van der Waals surface area (Å²) in [6.07, 6.45) is 3.46. The van der Waals surface area contributed by atoms with E-state index in [0.717, 1.165) is 17.0 Å². The number of hydrogen-bond acceptors (Lipinski definition) is 5. The van der Waals surface area contributed by atoms with Crippen LogP contribution in [0.5, 0.6) is 0 Å². The van der Waals surface area contributed by atoms with Crippen molar-refractivity contribution in [3.05, 3.63) is 53.6 Å². The molecule has 124 valence electrons. The van der Waals surface area contributed by atoms with Crippen LogP contribution in [0.1, 0.15) is 17.0 Å². The molecule has 2 aromatic rings. The smallest absolute Gasteiger partial charge is 0.240 e. The highest BCUT2D eigenvalue weighted by molar-refractivity contribution is 7.89. The number of aryl methyl sites for hydroxylation is 2. The maximum Gasteiger partial charge on any atom is 0.240 e. The molecule has 1 heterocycles. The molecule has 0 aliphatic heterocycles. The van der Waals surface area contributed by atoms with Crippen molar-refractivity contribution in [3.8, 4) is 0 Å². The van der Waals surface area contributed by atoms with E-state index in [2.05, 4.69) is 14.7 Å². The average Bonchev–Trinajstić information content (AvgIpc) is 2.50. The monoisotopic (exact) mass is 334 g/mol. The van der Waals surface area contributed by atoms with Gasteiger partial charge in [0.25, 0.3) is 0 Å². The summed E-state index contributed by atoms with van der Waals surface area (Å²) in [6.45, 7) is 5.36. The van der Waals surface area contributed by atoms with E-state index in [9.17, 15) is 8.42 Å². The van der Waals surface area contributed by atoms with Gasteiger partial charge in [-0.25, -0.2) is 13.1 Å². The van der Waals surface area contributed by atoms with Gasteiger partial charge in [0.1, 0.15) is 0 Å². The molecule has 23 heavy (non-hydrogen) atoms. The molecule has 0 unspecified atom stereocenters. The zero-order chi connectivity index (χ0) is 16.9. The highest BCUT2D eigenvalue weighted by Crippen LogP contribution is 2.09. The summed E-state index contributed by atoms with van der Waals surface area (Å²) in [5.74, 6) is 0. The van der Waals surface area contributed by atoms with Crippen LogP contribution in [-0.2, 0) is 16.6 Å². The lowest BCUT2D eigenvalue weighted by Crippen LogP contribution is -2.33. The van der Waals surface area contributed by atoms with Gasteiger partial charge in [0.2, 0.25) is 10.0 Å². The average molecular weight is 334 g/mol. The largest absolute Gasteiger partial charge is 0.299 e. The van der Waals surface area contributed by atoms with E-state index in [1.807, 2.05) is 25.8 Å². The number of nitrogens with one attached hydrogen (secondary N) is 1. The molecule has 0 aliphatic carbocycles. The molecule has 0 saturated heterocycles. The molecule has 1 aromatic carbocycles. The summed E-state index contributed by atoms with van der Waals surface area (Å²) in [5.41, 5.74) is 2.77. The van der Waals surface area contributed by atoms with Crippen LogP contribution in [0.15, 0.2) is 41.6 Å². The lowest BCUT2D eigenvalue weighted by atomic mass is 10.2. The predicted octanol–water partition coefficient (Wildman–Crippen LogP) is 1.50. The first kappa shape index (κ1) is 17.5. The second-order valence-corrected chi connectivity index (χ2v) is 7.36. The summed E-state index contributed by atoms with van der Waals surface area (Å²) in [7, 11) is -1.54. The number of aromatic nitrogens is 2.